The van der Waals surface area contributed by atoms with Gasteiger partial charge >= 0.3 is 0 Å². The molecule has 0 heterocycles. The molecule has 0 unspecified atom stereocenters. The van der Waals surface area contributed by atoms with E-state index in [1.54, 1.807) is 13.0 Å². The van der Waals surface area contributed by atoms with Gasteiger partial charge in [-0.15, -0.1) is 0 Å². The van der Waals surface area contributed by atoms with Crippen molar-refractivity contribution in [2.45, 2.75) is 25.9 Å². The van der Waals surface area contributed by atoms with E-state index < -0.39 is 6.10 Å². The first kappa shape index (κ1) is 10.8. The van der Waals surface area contributed by atoms with Gasteiger partial charge < -0.3 is 9.84 Å². The number of ether oxygens (including phenoxy) is 1. The topological polar surface area (TPSA) is 29.5 Å². The number of aliphatic hydroxyl groups excluding tert-OH is 1. The van der Waals surface area contributed by atoms with Crippen molar-refractivity contribution >= 4 is 11.6 Å². The summed E-state index contributed by atoms with van der Waals surface area (Å²) in [6, 6.07) is 5.43. The molecule has 1 aliphatic carbocycles. The van der Waals surface area contributed by atoms with Crippen LogP contribution in [0.5, 0.6) is 5.75 Å². The van der Waals surface area contributed by atoms with Crippen molar-refractivity contribution in [3.63, 3.8) is 0 Å². The SMILES string of the molecule is C[C@H](O)c1ccc(OCC2CC2)c(Cl)c1. The van der Waals surface area contributed by atoms with E-state index >= 15 is 0 Å². The van der Waals surface area contributed by atoms with Gasteiger partial charge in [-0.1, -0.05) is 17.7 Å². The summed E-state index contributed by atoms with van der Waals surface area (Å²) < 4.78 is 5.58. The summed E-state index contributed by atoms with van der Waals surface area (Å²) in [5, 5.41) is 9.95. The maximum atomic E-state index is 9.37. The Bertz CT molecular complexity index is 345. The molecule has 2 nitrogen and oxygen atoms in total. The number of hydrogen-bond acceptors (Lipinski definition) is 2. The second-order valence-corrected chi connectivity index (χ2v) is 4.53. The third-order valence-corrected chi connectivity index (χ3v) is 2.91. The Morgan fingerprint density at radius 3 is 2.80 bits per heavy atom. The fourth-order valence-electron chi connectivity index (χ4n) is 1.39. The predicted octanol–water partition coefficient (Wildman–Crippen LogP) is 3.18. The van der Waals surface area contributed by atoms with Crippen molar-refractivity contribution in [2.75, 3.05) is 6.61 Å². The van der Waals surface area contributed by atoms with Gasteiger partial charge in [-0.05, 0) is 43.4 Å². The Kier molecular flexibility index (Phi) is 3.17. The van der Waals surface area contributed by atoms with Crippen LogP contribution < -0.4 is 4.74 Å². The molecule has 0 aromatic heterocycles. The van der Waals surface area contributed by atoms with Crippen LogP contribution in [0.3, 0.4) is 0 Å². The first-order valence-corrected chi connectivity index (χ1v) is 5.65. The number of rotatable bonds is 4. The van der Waals surface area contributed by atoms with Crippen LogP contribution in [0.1, 0.15) is 31.4 Å². The molecular formula is C12H15ClO2. The summed E-state index contributed by atoms with van der Waals surface area (Å²) >= 11 is 6.04. The van der Waals surface area contributed by atoms with Gasteiger partial charge in [-0.2, -0.15) is 0 Å². The van der Waals surface area contributed by atoms with E-state index in [-0.39, 0.29) is 0 Å². The minimum absolute atomic E-state index is 0.486. The summed E-state index contributed by atoms with van der Waals surface area (Å²) in [5.41, 5.74) is 0.818. The van der Waals surface area contributed by atoms with Gasteiger partial charge in [0.1, 0.15) is 5.75 Å². The molecule has 0 amide bonds. The summed E-state index contributed by atoms with van der Waals surface area (Å²) in [6.45, 7) is 2.48. The molecule has 0 bridgehead atoms. The Morgan fingerprint density at radius 1 is 1.53 bits per heavy atom. The van der Waals surface area contributed by atoms with E-state index in [0.29, 0.717) is 10.8 Å². The standard InChI is InChI=1S/C12H15ClO2/c1-8(14)10-4-5-12(11(13)6-10)15-7-9-2-3-9/h4-6,8-9,14H,2-3,7H2,1H3/t8-/m0/s1. The highest BCUT2D eigenvalue weighted by molar-refractivity contribution is 6.32. The van der Waals surface area contributed by atoms with Crippen LogP contribution in [0.15, 0.2) is 18.2 Å². The minimum Gasteiger partial charge on any atom is -0.492 e. The Morgan fingerprint density at radius 2 is 2.27 bits per heavy atom. The average molecular weight is 227 g/mol. The molecule has 1 aromatic rings. The zero-order valence-corrected chi connectivity index (χ0v) is 9.50. The lowest BCUT2D eigenvalue weighted by Crippen LogP contribution is -2.00. The van der Waals surface area contributed by atoms with Crippen molar-refractivity contribution in [3.8, 4) is 5.75 Å². The maximum absolute atomic E-state index is 9.37. The Balaban J connectivity index is 2.04. The van der Waals surface area contributed by atoms with E-state index in [1.807, 2.05) is 12.1 Å². The number of halogens is 1. The van der Waals surface area contributed by atoms with Crippen LogP contribution in [-0.4, -0.2) is 11.7 Å². The highest BCUT2D eigenvalue weighted by atomic mass is 35.5. The molecule has 2 rings (SSSR count). The van der Waals surface area contributed by atoms with Gasteiger partial charge in [0.2, 0.25) is 0 Å². The molecule has 1 aliphatic rings. The van der Waals surface area contributed by atoms with Crippen LogP contribution in [0, 0.1) is 5.92 Å². The van der Waals surface area contributed by atoms with Crippen LogP contribution >= 0.6 is 11.6 Å². The molecule has 0 saturated heterocycles. The van der Waals surface area contributed by atoms with E-state index in [0.717, 1.165) is 18.1 Å². The molecule has 1 aromatic carbocycles. The molecule has 1 N–H and O–H groups in total. The molecule has 0 aliphatic heterocycles. The van der Waals surface area contributed by atoms with Crippen molar-refractivity contribution in [2.24, 2.45) is 5.92 Å². The average Bonchev–Trinajstić information content (AvgIpc) is 2.99. The van der Waals surface area contributed by atoms with E-state index in [2.05, 4.69) is 0 Å². The first-order valence-electron chi connectivity index (χ1n) is 5.27. The lowest BCUT2D eigenvalue weighted by Gasteiger charge is -2.10. The molecule has 0 spiro atoms. The second-order valence-electron chi connectivity index (χ2n) is 4.12. The molecule has 82 valence electrons. The lowest BCUT2D eigenvalue weighted by molar-refractivity contribution is 0.199. The fourth-order valence-corrected chi connectivity index (χ4v) is 1.63. The normalized spacial score (nSPS) is 17.5. The van der Waals surface area contributed by atoms with E-state index in [9.17, 15) is 5.11 Å². The molecular weight excluding hydrogens is 212 g/mol. The first-order chi connectivity index (χ1) is 7.16. The zero-order valence-electron chi connectivity index (χ0n) is 8.74. The fraction of sp³-hybridized carbons (Fsp3) is 0.500. The quantitative estimate of drug-likeness (QED) is 0.855. The van der Waals surface area contributed by atoms with Crippen LogP contribution in [0.2, 0.25) is 5.02 Å². The van der Waals surface area contributed by atoms with Crippen molar-refractivity contribution in [1.82, 2.24) is 0 Å². The molecule has 1 fully saturated rings. The monoisotopic (exact) mass is 226 g/mol. The smallest absolute Gasteiger partial charge is 0.137 e. The van der Waals surface area contributed by atoms with Gasteiger partial charge in [0.25, 0.3) is 0 Å². The number of benzene rings is 1. The van der Waals surface area contributed by atoms with Crippen molar-refractivity contribution in [1.29, 1.82) is 0 Å². The van der Waals surface area contributed by atoms with Gasteiger partial charge in [0, 0.05) is 0 Å². The highest BCUT2D eigenvalue weighted by Crippen LogP contribution is 2.32. The molecule has 1 saturated carbocycles. The lowest BCUT2D eigenvalue weighted by atomic mass is 10.1. The van der Waals surface area contributed by atoms with Crippen LogP contribution in [-0.2, 0) is 0 Å². The summed E-state index contributed by atoms with van der Waals surface area (Å²) in [6.07, 6.45) is 2.05. The van der Waals surface area contributed by atoms with E-state index in [1.165, 1.54) is 12.8 Å². The Hall–Kier alpha value is -0.730. The Labute approximate surface area is 94.8 Å². The highest BCUT2D eigenvalue weighted by Gasteiger charge is 2.22. The van der Waals surface area contributed by atoms with Crippen LogP contribution in [0.25, 0.3) is 0 Å². The molecule has 3 heteroatoms. The molecule has 15 heavy (non-hydrogen) atoms. The van der Waals surface area contributed by atoms with Gasteiger partial charge in [0.05, 0.1) is 17.7 Å². The predicted molar refractivity (Wildman–Crippen MR) is 60.3 cm³/mol. The van der Waals surface area contributed by atoms with Crippen molar-refractivity contribution in [3.05, 3.63) is 28.8 Å². The maximum Gasteiger partial charge on any atom is 0.137 e. The zero-order chi connectivity index (χ0) is 10.8. The van der Waals surface area contributed by atoms with E-state index in [4.69, 9.17) is 16.3 Å². The van der Waals surface area contributed by atoms with Crippen molar-refractivity contribution < 1.29 is 9.84 Å². The largest absolute Gasteiger partial charge is 0.492 e. The van der Waals surface area contributed by atoms with Gasteiger partial charge in [-0.25, -0.2) is 0 Å². The summed E-state index contributed by atoms with van der Waals surface area (Å²) in [5.74, 6) is 1.44. The second kappa shape index (κ2) is 4.42. The summed E-state index contributed by atoms with van der Waals surface area (Å²) in [4.78, 5) is 0. The third-order valence-electron chi connectivity index (χ3n) is 2.61. The summed E-state index contributed by atoms with van der Waals surface area (Å²) in [7, 11) is 0. The molecule has 0 radical (unpaired) electrons. The van der Waals surface area contributed by atoms with Crippen LogP contribution in [0.4, 0.5) is 0 Å². The minimum atomic E-state index is -0.486. The van der Waals surface area contributed by atoms with Gasteiger partial charge in [0.15, 0.2) is 0 Å². The number of aliphatic hydroxyl groups is 1. The van der Waals surface area contributed by atoms with Gasteiger partial charge in [-0.3, -0.25) is 0 Å². The molecule has 1 atom stereocenters. The third kappa shape index (κ3) is 2.86. The number of hydrogen-bond donors (Lipinski definition) is 1.